The van der Waals surface area contributed by atoms with Crippen LogP contribution < -0.4 is 10.6 Å². The molecule has 0 saturated carbocycles. The van der Waals surface area contributed by atoms with Gasteiger partial charge in [0, 0.05) is 6.20 Å². The molecule has 0 spiro atoms. The molecule has 4 nitrogen and oxygen atoms in total. The molecule has 2 N–H and O–H groups in total. The second-order valence-corrected chi connectivity index (χ2v) is 5.47. The van der Waals surface area contributed by atoms with Gasteiger partial charge in [0.2, 0.25) is 5.91 Å². The normalized spacial score (nSPS) is 12.0. The zero-order valence-corrected chi connectivity index (χ0v) is 13.3. The number of halogens is 3. The number of carbonyl (C=O) groups is 1. The Hall–Kier alpha value is -1.33. The average Bonchev–Trinajstić information content (AvgIpc) is 2.44. The molecule has 0 aliphatic carbocycles. The maximum Gasteiger partial charge on any atom is 0.246 e. The lowest BCUT2D eigenvalue weighted by Gasteiger charge is -2.18. The molecule has 1 amide bonds. The maximum absolute atomic E-state index is 12.4. The van der Waals surface area contributed by atoms with Crippen LogP contribution in [0.1, 0.15) is 11.6 Å². The molecule has 1 aromatic carbocycles. The van der Waals surface area contributed by atoms with Crippen molar-refractivity contribution >= 4 is 46.4 Å². The number of nitrogens with one attached hydrogen (secondary N) is 2. The summed E-state index contributed by atoms with van der Waals surface area (Å²) in [6, 6.07) is 6.11. The fraction of sp³-hybridized carbons (Fsp3) is 0.143. The first-order valence-corrected chi connectivity index (χ1v) is 7.19. The van der Waals surface area contributed by atoms with E-state index in [0.29, 0.717) is 26.3 Å². The molecule has 0 fully saturated rings. The molecule has 2 aromatic rings. The number of benzene rings is 1. The smallest absolute Gasteiger partial charge is 0.246 e. The quantitative estimate of drug-likeness (QED) is 0.883. The molecule has 1 aromatic heterocycles. The zero-order valence-electron chi connectivity index (χ0n) is 11.0. The van der Waals surface area contributed by atoms with Crippen molar-refractivity contribution in [3.8, 4) is 0 Å². The molecule has 0 saturated heterocycles. The fourth-order valence-electron chi connectivity index (χ4n) is 1.87. The Morgan fingerprint density at radius 1 is 1.24 bits per heavy atom. The second-order valence-electron chi connectivity index (χ2n) is 4.25. The third-order valence-electron chi connectivity index (χ3n) is 2.82. The van der Waals surface area contributed by atoms with Gasteiger partial charge in [-0.25, -0.2) is 0 Å². The van der Waals surface area contributed by atoms with Crippen LogP contribution in [0.25, 0.3) is 0 Å². The van der Waals surface area contributed by atoms with Crippen LogP contribution >= 0.6 is 34.8 Å². The van der Waals surface area contributed by atoms with Gasteiger partial charge in [-0.1, -0.05) is 46.9 Å². The Morgan fingerprint density at radius 3 is 2.67 bits per heavy atom. The van der Waals surface area contributed by atoms with E-state index in [-0.39, 0.29) is 5.91 Å². The maximum atomic E-state index is 12.4. The van der Waals surface area contributed by atoms with E-state index in [0.717, 1.165) is 0 Å². The number of hydrogen-bond donors (Lipinski definition) is 2. The lowest BCUT2D eigenvalue weighted by molar-refractivity contribution is -0.118. The average molecular weight is 345 g/mol. The third-order valence-corrected chi connectivity index (χ3v) is 3.86. The van der Waals surface area contributed by atoms with Crippen LogP contribution in [0, 0.1) is 0 Å². The van der Waals surface area contributed by atoms with Crippen LogP contribution in [-0.4, -0.2) is 17.9 Å². The van der Waals surface area contributed by atoms with E-state index in [4.69, 9.17) is 34.8 Å². The topological polar surface area (TPSA) is 54.0 Å². The number of carbonyl (C=O) groups excluding carboxylic acids is 1. The van der Waals surface area contributed by atoms with Gasteiger partial charge in [0.1, 0.15) is 6.04 Å². The largest absolute Gasteiger partial charge is 0.323 e. The van der Waals surface area contributed by atoms with Gasteiger partial charge >= 0.3 is 0 Å². The molecule has 7 heteroatoms. The van der Waals surface area contributed by atoms with Crippen LogP contribution in [-0.2, 0) is 4.79 Å². The van der Waals surface area contributed by atoms with E-state index < -0.39 is 6.04 Å². The van der Waals surface area contributed by atoms with Crippen molar-refractivity contribution in [2.45, 2.75) is 6.04 Å². The molecule has 0 aliphatic rings. The van der Waals surface area contributed by atoms with Gasteiger partial charge in [-0.15, -0.1) is 0 Å². The third kappa shape index (κ3) is 3.86. The first-order valence-electron chi connectivity index (χ1n) is 6.05. The number of likely N-dealkylation sites (N-methyl/N-ethyl adjacent to an activating group) is 1. The van der Waals surface area contributed by atoms with Gasteiger partial charge < -0.3 is 10.6 Å². The Balaban J connectivity index is 2.25. The predicted octanol–water partition coefficient (Wildman–Crippen LogP) is 3.94. The minimum Gasteiger partial charge on any atom is -0.323 e. The zero-order chi connectivity index (χ0) is 15.4. The summed E-state index contributed by atoms with van der Waals surface area (Å²) in [6.45, 7) is 0. The summed E-state index contributed by atoms with van der Waals surface area (Å²) >= 11 is 18.0. The SMILES string of the molecule is CNC(C(=O)Nc1cncc(Cl)c1)c1cccc(Cl)c1Cl. The van der Waals surface area contributed by atoms with Crippen molar-refractivity contribution in [2.24, 2.45) is 0 Å². The van der Waals surface area contributed by atoms with Crippen LogP contribution in [0.4, 0.5) is 5.69 Å². The van der Waals surface area contributed by atoms with Gasteiger partial charge in [-0.2, -0.15) is 0 Å². The molecular weight excluding hydrogens is 333 g/mol. The number of hydrogen-bond acceptors (Lipinski definition) is 3. The number of pyridine rings is 1. The molecule has 1 heterocycles. The van der Waals surface area contributed by atoms with Gasteiger partial charge in [-0.3, -0.25) is 9.78 Å². The van der Waals surface area contributed by atoms with E-state index in [1.807, 2.05) is 0 Å². The molecule has 110 valence electrons. The number of anilines is 1. The number of aromatic nitrogens is 1. The van der Waals surface area contributed by atoms with E-state index in [9.17, 15) is 4.79 Å². The predicted molar refractivity (Wildman–Crippen MR) is 86.1 cm³/mol. The molecule has 1 unspecified atom stereocenters. The molecule has 2 rings (SSSR count). The highest BCUT2D eigenvalue weighted by Gasteiger charge is 2.22. The second kappa shape index (κ2) is 7.09. The number of rotatable bonds is 4. The summed E-state index contributed by atoms with van der Waals surface area (Å²) in [7, 11) is 1.66. The Morgan fingerprint density at radius 2 is 2.00 bits per heavy atom. The van der Waals surface area contributed by atoms with E-state index in [1.54, 1.807) is 31.3 Å². The van der Waals surface area contributed by atoms with Crippen molar-refractivity contribution in [3.63, 3.8) is 0 Å². The number of amides is 1. The highest BCUT2D eigenvalue weighted by Crippen LogP contribution is 2.30. The summed E-state index contributed by atoms with van der Waals surface area (Å²) in [5.41, 5.74) is 1.10. The first-order chi connectivity index (χ1) is 10.0. The standard InChI is InChI=1S/C14H12Cl3N3O/c1-18-13(10-3-2-4-11(16)12(10)17)14(21)20-9-5-8(15)6-19-7-9/h2-7,13,18H,1H3,(H,20,21). The lowest BCUT2D eigenvalue weighted by Crippen LogP contribution is -2.31. The van der Waals surface area contributed by atoms with Crippen molar-refractivity contribution in [2.75, 3.05) is 12.4 Å². The summed E-state index contributed by atoms with van der Waals surface area (Å²) in [6.07, 6.45) is 3.00. The highest BCUT2D eigenvalue weighted by molar-refractivity contribution is 6.42. The highest BCUT2D eigenvalue weighted by atomic mass is 35.5. The van der Waals surface area contributed by atoms with Crippen molar-refractivity contribution < 1.29 is 4.79 Å². The molecule has 0 radical (unpaired) electrons. The van der Waals surface area contributed by atoms with E-state index >= 15 is 0 Å². The summed E-state index contributed by atoms with van der Waals surface area (Å²) in [5.74, 6) is -0.286. The first kappa shape index (κ1) is 16.0. The van der Waals surface area contributed by atoms with Crippen molar-refractivity contribution in [1.29, 1.82) is 0 Å². The van der Waals surface area contributed by atoms with Crippen LogP contribution in [0.3, 0.4) is 0 Å². The van der Waals surface area contributed by atoms with Crippen molar-refractivity contribution in [1.82, 2.24) is 10.3 Å². The molecule has 21 heavy (non-hydrogen) atoms. The van der Waals surface area contributed by atoms with Crippen LogP contribution in [0.5, 0.6) is 0 Å². The molecule has 0 bridgehead atoms. The molecule has 0 aliphatic heterocycles. The summed E-state index contributed by atoms with van der Waals surface area (Å²) in [5, 5.41) is 6.82. The Bertz CT molecular complexity index is 664. The Labute approximate surface area is 137 Å². The van der Waals surface area contributed by atoms with Crippen molar-refractivity contribution in [3.05, 3.63) is 57.3 Å². The van der Waals surface area contributed by atoms with Crippen LogP contribution in [0.15, 0.2) is 36.7 Å². The van der Waals surface area contributed by atoms with Gasteiger partial charge in [-0.05, 0) is 24.7 Å². The monoisotopic (exact) mass is 343 g/mol. The lowest BCUT2D eigenvalue weighted by atomic mass is 10.1. The van der Waals surface area contributed by atoms with E-state index in [2.05, 4.69) is 15.6 Å². The fourth-order valence-corrected chi connectivity index (χ4v) is 2.46. The van der Waals surface area contributed by atoms with Crippen LogP contribution in [0.2, 0.25) is 15.1 Å². The summed E-state index contributed by atoms with van der Waals surface area (Å²) in [4.78, 5) is 16.3. The summed E-state index contributed by atoms with van der Waals surface area (Å²) < 4.78 is 0. The molecule has 1 atom stereocenters. The van der Waals surface area contributed by atoms with Gasteiger partial charge in [0.05, 0.1) is 27.0 Å². The van der Waals surface area contributed by atoms with Gasteiger partial charge in [0.15, 0.2) is 0 Å². The number of nitrogens with zero attached hydrogens (tertiary/aromatic N) is 1. The Kier molecular flexibility index (Phi) is 5.42. The molecular formula is C14H12Cl3N3O. The van der Waals surface area contributed by atoms with Gasteiger partial charge in [0.25, 0.3) is 0 Å². The minimum absolute atomic E-state index is 0.286. The van der Waals surface area contributed by atoms with E-state index in [1.165, 1.54) is 12.4 Å². The minimum atomic E-state index is -0.643.